The molecule has 0 radical (unpaired) electrons. The van der Waals surface area contributed by atoms with Gasteiger partial charge in [-0.2, -0.15) is 0 Å². The lowest BCUT2D eigenvalue weighted by Gasteiger charge is -1.98. The Morgan fingerprint density at radius 2 is 2.00 bits per heavy atom. The smallest absolute Gasteiger partial charge is 0.274 e. The van der Waals surface area contributed by atoms with Gasteiger partial charge >= 0.3 is 0 Å². The Kier molecular flexibility index (Phi) is 2.40. The van der Waals surface area contributed by atoms with Gasteiger partial charge in [0.15, 0.2) is 0 Å². The van der Waals surface area contributed by atoms with Crippen molar-refractivity contribution < 1.29 is 10.0 Å². The molecule has 0 unspecified atom stereocenters. The Bertz CT molecular complexity index is 317. The Balaban J connectivity index is 3.31. The minimum absolute atomic E-state index is 0.0385. The molecule has 0 atom stereocenters. The molecule has 0 aliphatic carbocycles. The van der Waals surface area contributed by atoms with Crippen molar-refractivity contribution in [2.75, 3.05) is 0 Å². The predicted molar refractivity (Wildman–Crippen MR) is 44.8 cm³/mol. The fraction of sp³-hybridized carbons (Fsp3) is 0. The highest BCUT2D eigenvalue weighted by atomic mass is 35.5. The predicted octanol–water partition coefficient (Wildman–Crippen LogP) is 2.61. The van der Waals surface area contributed by atoms with Crippen molar-refractivity contribution >= 4 is 28.9 Å². The molecule has 1 aromatic rings. The van der Waals surface area contributed by atoms with Gasteiger partial charge < -0.3 is 5.11 Å². The summed E-state index contributed by atoms with van der Waals surface area (Å²) >= 11 is 10.9. The van der Waals surface area contributed by atoms with Crippen LogP contribution in [0.5, 0.6) is 5.75 Å². The van der Waals surface area contributed by atoms with E-state index in [0.717, 1.165) is 12.1 Å². The first-order valence-electron chi connectivity index (χ1n) is 2.85. The first-order valence-corrected chi connectivity index (χ1v) is 3.60. The van der Waals surface area contributed by atoms with E-state index in [1.165, 1.54) is 0 Å². The Labute approximate surface area is 77.5 Å². The van der Waals surface area contributed by atoms with E-state index in [0.29, 0.717) is 0 Å². The quantitative estimate of drug-likeness (QED) is 0.569. The molecule has 0 saturated heterocycles. The molecule has 0 heterocycles. The average molecular weight is 208 g/mol. The molecule has 0 aliphatic heterocycles. The second kappa shape index (κ2) is 3.16. The fourth-order valence-electron chi connectivity index (χ4n) is 0.666. The van der Waals surface area contributed by atoms with Crippen LogP contribution >= 0.6 is 23.2 Å². The standard InChI is InChI=1S/C6H3Cl2NO3/c7-4-1-3(9(11)12)2-5(10)6(4)8/h1-2,10H. The lowest BCUT2D eigenvalue weighted by Crippen LogP contribution is -1.87. The van der Waals surface area contributed by atoms with Crippen molar-refractivity contribution in [3.63, 3.8) is 0 Å². The zero-order chi connectivity index (χ0) is 9.30. The van der Waals surface area contributed by atoms with Crippen LogP contribution in [0, 0.1) is 10.1 Å². The second-order valence-electron chi connectivity index (χ2n) is 2.02. The van der Waals surface area contributed by atoms with Crippen molar-refractivity contribution in [1.82, 2.24) is 0 Å². The van der Waals surface area contributed by atoms with E-state index in [1.807, 2.05) is 0 Å². The minimum Gasteiger partial charge on any atom is -0.506 e. The highest BCUT2D eigenvalue weighted by molar-refractivity contribution is 6.43. The number of aromatic hydroxyl groups is 1. The monoisotopic (exact) mass is 207 g/mol. The average Bonchev–Trinajstić information content (AvgIpc) is 1.99. The molecule has 0 aromatic heterocycles. The van der Waals surface area contributed by atoms with Crippen LogP contribution in [0.25, 0.3) is 0 Å². The number of phenols is 1. The van der Waals surface area contributed by atoms with E-state index in [4.69, 9.17) is 28.3 Å². The van der Waals surface area contributed by atoms with Crippen LogP contribution in [0.15, 0.2) is 12.1 Å². The third-order valence-corrected chi connectivity index (χ3v) is 2.00. The molecule has 1 N–H and O–H groups in total. The Morgan fingerprint density at radius 1 is 1.42 bits per heavy atom. The number of hydrogen-bond acceptors (Lipinski definition) is 3. The highest BCUT2D eigenvalue weighted by Crippen LogP contribution is 2.34. The molecule has 1 aromatic carbocycles. The first-order chi connectivity index (χ1) is 5.52. The fourth-order valence-corrected chi connectivity index (χ4v) is 0.984. The summed E-state index contributed by atoms with van der Waals surface area (Å²) in [5.41, 5.74) is -0.290. The molecule has 0 saturated carbocycles. The van der Waals surface area contributed by atoms with Crippen molar-refractivity contribution in [3.05, 3.63) is 32.3 Å². The summed E-state index contributed by atoms with van der Waals surface area (Å²) in [5, 5.41) is 19.1. The Hall–Kier alpha value is -1.00. The van der Waals surface area contributed by atoms with Gasteiger partial charge in [-0.3, -0.25) is 10.1 Å². The molecule has 0 spiro atoms. The van der Waals surface area contributed by atoms with Crippen LogP contribution in [-0.4, -0.2) is 10.0 Å². The van der Waals surface area contributed by atoms with Gasteiger partial charge in [0.25, 0.3) is 5.69 Å². The van der Waals surface area contributed by atoms with Crippen molar-refractivity contribution in [2.45, 2.75) is 0 Å². The van der Waals surface area contributed by atoms with Gasteiger partial charge in [0.1, 0.15) is 10.8 Å². The van der Waals surface area contributed by atoms with Crippen LogP contribution in [0.4, 0.5) is 5.69 Å². The summed E-state index contributed by atoms with van der Waals surface area (Å²) < 4.78 is 0. The molecule has 64 valence electrons. The van der Waals surface area contributed by atoms with E-state index in [2.05, 4.69) is 0 Å². The molecule has 0 bridgehead atoms. The molecule has 0 fully saturated rings. The summed E-state index contributed by atoms with van der Waals surface area (Å²) in [6.07, 6.45) is 0. The van der Waals surface area contributed by atoms with E-state index >= 15 is 0 Å². The molecule has 0 amide bonds. The zero-order valence-electron chi connectivity index (χ0n) is 5.62. The van der Waals surface area contributed by atoms with Crippen LogP contribution in [-0.2, 0) is 0 Å². The maximum Gasteiger partial charge on any atom is 0.274 e. The molecule has 1 rings (SSSR count). The maximum atomic E-state index is 10.2. The number of nitro groups is 1. The van der Waals surface area contributed by atoms with Gasteiger partial charge in [-0.25, -0.2) is 0 Å². The van der Waals surface area contributed by atoms with Gasteiger partial charge in [-0.1, -0.05) is 23.2 Å². The molecular weight excluding hydrogens is 205 g/mol. The third kappa shape index (κ3) is 1.60. The molecule has 6 heteroatoms. The largest absolute Gasteiger partial charge is 0.506 e. The number of rotatable bonds is 1. The first kappa shape index (κ1) is 9.09. The maximum absolute atomic E-state index is 10.2. The van der Waals surface area contributed by atoms with E-state index in [1.54, 1.807) is 0 Å². The van der Waals surface area contributed by atoms with E-state index in [-0.39, 0.29) is 15.7 Å². The molecular formula is C6H3Cl2NO3. The van der Waals surface area contributed by atoms with E-state index < -0.39 is 10.7 Å². The van der Waals surface area contributed by atoms with E-state index in [9.17, 15) is 10.1 Å². The second-order valence-corrected chi connectivity index (χ2v) is 2.80. The van der Waals surface area contributed by atoms with Crippen LogP contribution in [0.1, 0.15) is 0 Å². The lowest BCUT2D eigenvalue weighted by atomic mass is 10.3. The van der Waals surface area contributed by atoms with Gasteiger partial charge in [-0.15, -0.1) is 0 Å². The summed E-state index contributed by atoms with van der Waals surface area (Å²) in [5.74, 6) is -0.393. The molecule has 0 aliphatic rings. The number of halogens is 2. The van der Waals surface area contributed by atoms with Crippen molar-refractivity contribution in [2.24, 2.45) is 0 Å². The number of hydrogen-bond donors (Lipinski definition) is 1. The summed E-state index contributed by atoms with van der Waals surface area (Å²) in [4.78, 5) is 9.54. The van der Waals surface area contributed by atoms with Gasteiger partial charge in [0, 0.05) is 6.07 Å². The number of benzene rings is 1. The highest BCUT2D eigenvalue weighted by Gasteiger charge is 2.12. The van der Waals surface area contributed by atoms with Gasteiger partial charge in [0.05, 0.1) is 16.0 Å². The van der Waals surface area contributed by atoms with Gasteiger partial charge in [0.2, 0.25) is 0 Å². The lowest BCUT2D eigenvalue weighted by molar-refractivity contribution is -0.384. The Morgan fingerprint density at radius 3 is 2.42 bits per heavy atom. The SMILES string of the molecule is O=[N+]([O-])c1cc(O)c(Cl)c(Cl)c1. The normalized spacial score (nSPS) is 9.83. The number of non-ortho nitro benzene ring substituents is 1. The minimum atomic E-state index is -0.665. The summed E-state index contributed by atoms with van der Waals surface area (Å²) in [6.45, 7) is 0. The zero-order valence-corrected chi connectivity index (χ0v) is 7.13. The number of phenolic OH excluding ortho intramolecular Hbond substituents is 1. The molecule has 4 nitrogen and oxygen atoms in total. The van der Waals surface area contributed by atoms with Crippen molar-refractivity contribution in [1.29, 1.82) is 0 Å². The summed E-state index contributed by atoms with van der Waals surface area (Å²) in [7, 11) is 0. The van der Waals surface area contributed by atoms with Crippen LogP contribution in [0.3, 0.4) is 0 Å². The van der Waals surface area contributed by atoms with Gasteiger partial charge in [-0.05, 0) is 0 Å². The number of nitrogens with zero attached hydrogens (tertiary/aromatic N) is 1. The summed E-state index contributed by atoms with van der Waals surface area (Å²) in [6, 6.07) is 2.01. The number of nitro benzene ring substituents is 1. The molecule has 12 heavy (non-hydrogen) atoms. The third-order valence-electron chi connectivity index (χ3n) is 1.20. The van der Waals surface area contributed by atoms with Crippen LogP contribution < -0.4 is 0 Å². The van der Waals surface area contributed by atoms with Crippen molar-refractivity contribution in [3.8, 4) is 5.75 Å². The van der Waals surface area contributed by atoms with Crippen LogP contribution in [0.2, 0.25) is 10.0 Å². The topological polar surface area (TPSA) is 63.4 Å².